The van der Waals surface area contributed by atoms with Crippen molar-refractivity contribution < 1.29 is 14.4 Å². The highest BCUT2D eigenvalue weighted by Gasteiger charge is 2.29. The molecule has 3 rings (SSSR count). The zero-order valence-corrected chi connectivity index (χ0v) is 17.2. The second kappa shape index (κ2) is 9.79. The Kier molecular flexibility index (Phi) is 6.91. The van der Waals surface area contributed by atoms with Gasteiger partial charge in [0.2, 0.25) is 5.91 Å². The van der Waals surface area contributed by atoms with Gasteiger partial charge in [-0.15, -0.1) is 0 Å². The molecule has 0 saturated carbocycles. The normalized spacial score (nSPS) is 11.7. The van der Waals surface area contributed by atoms with E-state index in [-0.39, 0.29) is 29.8 Å². The van der Waals surface area contributed by atoms with Crippen LogP contribution in [0, 0.1) is 5.92 Å². The maximum atomic E-state index is 13.3. The Labute approximate surface area is 176 Å². The van der Waals surface area contributed by atoms with Gasteiger partial charge >= 0.3 is 0 Å². The van der Waals surface area contributed by atoms with Crippen molar-refractivity contribution in [2.45, 2.75) is 26.2 Å². The number of ketones is 2. The Bertz CT molecular complexity index is 1030. The molecule has 4 nitrogen and oxygen atoms in total. The van der Waals surface area contributed by atoms with Crippen molar-refractivity contribution in [3.8, 4) is 0 Å². The lowest BCUT2D eigenvalue weighted by atomic mass is 9.87. The number of carbonyl (C=O) groups excluding carboxylic acids is 3. The predicted molar refractivity (Wildman–Crippen MR) is 119 cm³/mol. The molecule has 0 aliphatic heterocycles. The molecule has 3 aromatic rings. The van der Waals surface area contributed by atoms with E-state index in [0.29, 0.717) is 22.4 Å². The van der Waals surface area contributed by atoms with Crippen LogP contribution in [0.5, 0.6) is 0 Å². The van der Waals surface area contributed by atoms with Crippen molar-refractivity contribution in [1.29, 1.82) is 0 Å². The molecule has 0 bridgehead atoms. The van der Waals surface area contributed by atoms with Crippen LogP contribution in [0.2, 0.25) is 0 Å². The molecule has 1 N–H and O–H groups in total. The molecule has 152 valence electrons. The van der Waals surface area contributed by atoms with Crippen LogP contribution in [-0.4, -0.2) is 17.5 Å². The molecule has 4 heteroatoms. The first kappa shape index (κ1) is 21.2. The second-order valence-electron chi connectivity index (χ2n) is 7.52. The fraction of sp³-hybridized carbons (Fsp3) is 0.192. The summed E-state index contributed by atoms with van der Waals surface area (Å²) in [6.07, 6.45) is 0.0103. The van der Waals surface area contributed by atoms with E-state index < -0.39 is 5.92 Å². The Balaban J connectivity index is 1.90. The van der Waals surface area contributed by atoms with Gasteiger partial charge in [0, 0.05) is 23.6 Å². The van der Waals surface area contributed by atoms with Gasteiger partial charge in [0.15, 0.2) is 11.6 Å². The summed E-state index contributed by atoms with van der Waals surface area (Å²) in [5.41, 5.74) is 2.45. The van der Waals surface area contributed by atoms with Crippen molar-refractivity contribution in [2.24, 2.45) is 5.92 Å². The van der Waals surface area contributed by atoms with Crippen LogP contribution >= 0.6 is 0 Å². The zero-order valence-electron chi connectivity index (χ0n) is 17.2. The van der Waals surface area contributed by atoms with E-state index in [1.54, 1.807) is 48.5 Å². The van der Waals surface area contributed by atoms with Gasteiger partial charge in [-0.05, 0) is 23.3 Å². The summed E-state index contributed by atoms with van der Waals surface area (Å²) in [6, 6.07) is 25.2. The largest absolute Gasteiger partial charge is 0.325 e. The second-order valence-corrected chi connectivity index (χ2v) is 7.52. The first-order chi connectivity index (χ1) is 14.5. The SMILES string of the molecule is CC(C)C(=O)c1ccccc1CC(=O)C(C(=O)Nc1ccccc1)c1ccccc1. The molecule has 0 heterocycles. The summed E-state index contributed by atoms with van der Waals surface area (Å²) in [7, 11) is 0. The monoisotopic (exact) mass is 399 g/mol. The topological polar surface area (TPSA) is 63.2 Å². The van der Waals surface area contributed by atoms with Gasteiger partial charge in [-0.3, -0.25) is 14.4 Å². The molecular weight excluding hydrogens is 374 g/mol. The number of nitrogens with one attached hydrogen (secondary N) is 1. The lowest BCUT2D eigenvalue weighted by molar-refractivity contribution is -0.127. The highest BCUT2D eigenvalue weighted by Crippen LogP contribution is 2.23. The van der Waals surface area contributed by atoms with Crippen molar-refractivity contribution in [1.82, 2.24) is 0 Å². The molecule has 1 atom stereocenters. The summed E-state index contributed by atoms with van der Waals surface area (Å²) in [6.45, 7) is 3.67. The van der Waals surface area contributed by atoms with E-state index in [2.05, 4.69) is 5.32 Å². The molecule has 0 spiro atoms. The molecule has 0 radical (unpaired) electrons. The third-order valence-corrected chi connectivity index (χ3v) is 4.93. The first-order valence-electron chi connectivity index (χ1n) is 10.0. The Morgan fingerprint density at radius 2 is 1.33 bits per heavy atom. The van der Waals surface area contributed by atoms with E-state index in [0.717, 1.165) is 0 Å². The van der Waals surface area contributed by atoms with Gasteiger partial charge in [-0.2, -0.15) is 0 Å². The smallest absolute Gasteiger partial charge is 0.239 e. The molecule has 0 aliphatic carbocycles. The number of anilines is 1. The van der Waals surface area contributed by atoms with Crippen LogP contribution < -0.4 is 5.32 Å². The maximum Gasteiger partial charge on any atom is 0.239 e. The fourth-order valence-electron chi connectivity index (χ4n) is 3.38. The molecule has 0 aromatic heterocycles. The van der Waals surface area contributed by atoms with Crippen LogP contribution in [0.1, 0.15) is 41.3 Å². The zero-order chi connectivity index (χ0) is 21.5. The molecule has 0 aliphatic rings. The highest BCUT2D eigenvalue weighted by atomic mass is 16.2. The van der Waals surface area contributed by atoms with Gasteiger partial charge in [-0.25, -0.2) is 0 Å². The average molecular weight is 399 g/mol. The summed E-state index contributed by atoms with van der Waals surface area (Å²) in [5.74, 6) is -1.78. The average Bonchev–Trinajstić information content (AvgIpc) is 2.75. The van der Waals surface area contributed by atoms with Crippen molar-refractivity contribution in [3.05, 3.63) is 102 Å². The molecule has 1 amide bonds. The number of benzene rings is 3. The lowest BCUT2D eigenvalue weighted by Crippen LogP contribution is -2.29. The summed E-state index contributed by atoms with van der Waals surface area (Å²) < 4.78 is 0. The lowest BCUT2D eigenvalue weighted by Gasteiger charge is -2.18. The van der Waals surface area contributed by atoms with Crippen molar-refractivity contribution in [3.63, 3.8) is 0 Å². The fourth-order valence-corrected chi connectivity index (χ4v) is 3.38. The van der Waals surface area contributed by atoms with Crippen LogP contribution in [0.15, 0.2) is 84.9 Å². The summed E-state index contributed by atoms with van der Waals surface area (Å²) in [5, 5.41) is 2.84. The highest BCUT2D eigenvalue weighted by molar-refractivity contribution is 6.12. The molecular formula is C26H25NO3. The number of para-hydroxylation sites is 1. The van der Waals surface area contributed by atoms with Gasteiger partial charge in [0.25, 0.3) is 0 Å². The quantitative estimate of drug-likeness (QED) is 0.425. The van der Waals surface area contributed by atoms with E-state index in [1.807, 2.05) is 50.2 Å². The molecule has 3 aromatic carbocycles. The predicted octanol–water partition coefficient (Wildman–Crippen LogP) is 5.06. The number of Topliss-reactive ketones (excluding diaryl/α,β-unsaturated/α-hetero) is 2. The molecule has 0 saturated heterocycles. The van der Waals surface area contributed by atoms with Crippen LogP contribution in [-0.2, 0) is 16.0 Å². The van der Waals surface area contributed by atoms with E-state index in [9.17, 15) is 14.4 Å². The van der Waals surface area contributed by atoms with Crippen molar-refractivity contribution in [2.75, 3.05) is 5.32 Å². The molecule has 0 fully saturated rings. The third-order valence-electron chi connectivity index (χ3n) is 4.93. The minimum Gasteiger partial charge on any atom is -0.325 e. The van der Waals surface area contributed by atoms with Crippen LogP contribution in [0.3, 0.4) is 0 Å². The number of rotatable bonds is 8. The van der Waals surface area contributed by atoms with Gasteiger partial charge < -0.3 is 5.32 Å². The Morgan fingerprint density at radius 3 is 1.97 bits per heavy atom. The van der Waals surface area contributed by atoms with E-state index in [4.69, 9.17) is 0 Å². The Morgan fingerprint density at radius 1 is 0.767 bits per heavy atom. The first-order valence-corrected chi connectivity index (χ1v) is 10.0. The van der Waals surface area contributed by atoms with Gasteiger partial charge in [0.1, 0.15) is 5.92 Å². The van der Waals surface area contributed by atoms with Gasteiger partial charge in [0.05, 0.1) is 0 Å². The van der Waals surface area contributed by atoms with E-state index >= 15 is 0 Å². The van der Waals surface area contributed by atoms with Crippen molar-refractivity contribution >= 4 is 23.2 Å². The minimum atomic E-state index is -0.964. The summed E-state index contributed by atoms with van der Waals surface area (Å²) >= 11 is 0. The van der Waals surface area contributed by atoms with E-state index in [1.165, 1.54) is 0 Å². The molecule has 30 heavy (non-hydrogen) atoms. The van der Waals surface area contributed by atoms with Crippen LogP contribution in [0.4, 0.5) is 5.69 Å². The number of hydrogen-bond acceptors (Lipinski definition) is 3. The van der Waals surface area contributed by atoms with Gasteiger partial charge in [-0.1, -0.05) is 86.6 Å². The standard InChI is InChI=1S/C26H25NO3/c1-18(2)25(29)22-16-10-9-13-20(22)17-23(28)24(19-11-5-3-6-12-19)26(30)27-21-14-7-4-8-15-21/h3-16,18,24H,17H2,1-2H3,(H,27,30). The minimum absolute atomic E-state index is 0.0103. The maximum absolute atomic E-state index is 13.3. The summed E-state index contributed by atoms with van der Waals surface area (Å²) in [4.78, 5) is 39.0. The third kappa shape index (κ3) is 5.09. The number of hydrogen-bond donors (Lipinski definition) is 1. The van der Waals surface area contributed by atoms with Crippen LogP contribution in [0.25, 0.3) is 0 Å². The molecule has 1 unspecified atom stereocenters. The number of amides is 1. The number of carbonyl (C=O) groups is 3. The Hall–Kier alpha value is -3.53.